The summed E-state index contributed by atoms with van der Waals surface area (Å²) in [6.45, 7) is 0. The second-order valence-electron chi connectivity index (χ2n) is 5.71. The molecule has 0 amide bonds. The lowest BCUT2D eigenvalue weighted by molar-refractivity contribution is -0.130. The highest BCUT2D eigenvalue weighted by Crippen LogP contribution is 2.41. The zero-order valence-electron chi connectivity index (χ0n) is 12.6. The number of carbonyl (C=O) groups is 1. The zero-order valence-corrected chi connectivity index (χ0v) is 13.4. The molecule has 3 aromatic rings. The van der Waals surface area contributed by atoms with E-state index in [4.69, 9.17) is 16.3 Å². The maximum absolute atomic E-state index is 12.3. The van der Waals surface area contributed by atoms with Crippen molar-refractivity contribution in [2.24, 2.45) is 0 Å². The Bertz CT molecular complexity index is 988. The van der Waals surface area contributed by atoms with Crippen LogP contribution in [0.4, 0.5) is 0 Å². The minimum atomic E-state index is -0.442. The molecule has 24 heavy (non-hydrogen) atoms. The highest BCUT2D eigenvalue weighted by atomic mass is 35.5. The molecule has 3 aromatic carbocycles. The summed E-state index contributed by atoms with van der Waals surface area (Å²) in [4.78, 5) is 12.3. The smallest absolute Gasteiger partial charge is 0.339 e. The number of phenolic OH excluding ortho intramolecular Hbond substituents is 1. The molecule has 1 aliphatic rings. The third-order valence-corrected chi connectivity index (χ3v) is 4.37. The van der Waals surface area contributed by atoms with Crippen LogP contribution in [0.2, 0.25) is 5.02 Å². The predicted molar refractivity (Wildman–Crippen MR) is 94.4 cm³/mol. The van der Waals surface area contributed by atoms with E-state index in [0.29, 0.717) is 17.0 Å². The SMILES string of the molecule is O=C1Oc2c(O)cc3ccccc3c2C/C1=C\c1ccc(Cl)cc1. The van der Waals surface area contributed by atoms with Crippen molar-refractivity contribution in [3.63, 3.8) is 0 Å². The number of aromatic hydroxyl groups is 1. The maximum Gasteiger partial charge on any atom is 0.339 e. The maximum atomic E-state index is 12.3. The number of rotatable bonds is 1. The van der Waals surface area contributed by atoms with Crippen LogP contribution in [0.1, 0.15) is 11.1 Å². The van der Waals surface area contributed by atoms with Gasteiger partial charge >= 0.3 is 5.97 Å². The van der Waals surface area contributed by atoms with Crippen LogP contribution in [-0.4, -0.2) is 11.1 Å². The Morgan fingerprint density at radius 2 is 1.83 bits per heavy atom. The van der Waals surface area contributed by atoms with Crippen molar-refractivity contribution >= 4 is 34.4 Å². The monoisotopic (exact) mass is 336 g/mol. The molecule has 1 N–H and O–H groups in total. The van der Waals surface area contributed by atoms with Gasteiger partial charge in [0.05, 0.1) is 0 Å². The van der Waals surface area contributed by atoms with Gasteiger partial charge in [0.15, 0.2) is 11.5 Å². The van der Waals surface area contributed by atoms with Crippen LogP contribution in [0.25, 0.3) is 16.8 Å². The molecule has 1 heterocycles. The molecule has 0 aliphatic carbocycles. The number of phenols is 1. The van der Waals surface area contributed by atoms with Crippen molar-refractivity contribution < 1.29 is 14.6 Å². The highest BCUT2D eigenvalue weighted by Gasteiger charge is 2.27. The van der Waals surface area contributed by atoms with Crippen LogP contribution in [0.3, 0.4) is 0 Å². The fourth-order valence-corrected chi connectivity index (χ4v) is 3.09. The number of fused-ring (bicyclic) bond motifs is 3. The third kappa shape index (κ3) is 2.53. The molecule has 3 nitrogen and oxygen atoms in total. The summed E-state index contributed by atoms with van der Waals surface area (Å²) in [7, 11) is 0. The third-order valence-electron chi connectivity index (χ3n) is 4.12. The van der Waals surface area contributed by atoms with Gasteiger partial charge < -0.3 is 9.84 Å². The lowest BCUT2D eigenvalue weighted by Crippen LogP contribution is -2.19. The molecule has 0 spiro atoms. The number of hydrogen-bond acceptors (Lipinski definition) is 3. The molecule has 0 radical (unpaired) electrons. The Morgan fingerprint density at radius 1 is 1.08 bits per heavy atom. The van der Waals surface area contributed by atoms with Gasteiger partial charge in [-0.1, -0.05) is 48.0 Å². The van der Waals surface area contributed by atoms with Crippen molar-refractivity contribution in [1.82, 2.24) is 0 Å². The van der Waals surface area contributed by atoms with E-state index in [9.17, 15) is 9.90 Å². The van der Waals surface area contributed by atoms with Gasteiger partial charge in [0.1, 0.15) is 0 Å². The number of ether oxygens (including phenoxy) is 1. The minimum Gasteiger partial charge on any atom is -0.504 e. The minimum absolute atomic E-state index is 0.0115. The Balaban J connectivity index is 1.84. The molecular weight excluding hydrogens is 324 g/mol. The van der Waals surface area contributed by atoms with Crippen molar-refractivity contribution in [3.05, 3.63) is 76.3 Å². The zero-order chi connectivity index (χ0) is 16.7. The summed E-state index contributed by atoms with van der Waals surface area (Å²) in [6.07, 6.45) is 2.20. The Labute approximate surface area is 143 Å². The fourth-order valence-electron chi connectivity index (χ4n) is 2.97. The van der Waals surface area contributed by atoms with Crippen LogP contribution in [0.5, 0.6) is 11.5 Å². The van der Waals surface area contributed by atoms with Crippen LogP contribution < -0.4 is 4.74 Å². The lowest BCUT2D eigenvalue weighted by atomic mass is 9.94. The van der Waals surface area contributed by atoms with Crippen molar-refractivity contribution in [3.8, 4) is 11.5 Å². The van der Waals surface area contributed by atoms with E-state index in [2.05, 4.69) is 0 Å². The quantitative estimate of drug-likeness (QED) is 0.396. The second-order valence-corrected chi connectivity index (χ2v) is 6.15. The molecule has 0 atom stereocenters. The van der Waals surface area contributed by atoms with Gasteiger partial charge in [-0.2, -0.15) is 0 Å². The number of esters is 1. The largest absolute Gasteiger partial charge is 0.504 e. The van der Waals surface area contributed by atoms with Gasteiger partial charge in [-0.05, 0) is 40.6 Å². The topological polar surface area (TPSA) is 46.5 Å². The van der Waals surface area contributed by atoms with Crippen LogP contribution in [0.15, 0.2) is 60.2 Å². The molecule has 0 saturated heterocycles. The van der Waals surface area contributed by atoms with E-state index in [1.54, 1.807) is 24.3 Å². The second kappa shape index (κ2) is 5.69. The van der Waals surface area contributed by atoms with Gasteiger partial charge in [-0.15, -0.1) is 0 Å². The number of halogens is 1. The van der Waals surface area contributed by atoms with Gasteiger partial charge in [0.25, 0.3) is 0 Å². The molecule has 0 saturated carbocycles. The predicted octanol–water partition coefficient (Wildman–Crippen LogP) is 4.74. The van der Waals surface area contributed by atoms with E-state index in [-0.39, 0.29) is 11.5 Å². The summed E-state index contributed by atoms with van der Waals surface area (Å²) < 4.78 is 5.40. The van der Waals surface area contributed by atoms with Crippen LogP contribution in [-0.2, 0) is 11.2 Å². The average molecular weight is 337 g/mol. The van der Waals surface area contributed by atoms with Crippen molar-refractivity contribution in [1.29, 1.82) is 0 Å². The first-order valence-electron chi connectivity index (χ1n) is 7.54. The Kier molecular flexibility index (Phi) is 3.51. The van der Waals surface area contributed by atoms with Gasteiger partial charge in [-0.25, -0.2) is 4.79 Å². The Hall–Kier alpha value is -2.78. The average Bonchev–Trinajstić information content (AvgIpc) is 2.58. The first-order valence-corrected chi connectivity index (χ1v) is 7.91. The van der Waals surface area contributed by atoms with Crippen LogP contribution in [0, 0.1) is 0 Å². The summed E-state index contributed by atoms with van der Waals surface area (Å²) in [5.41, 5.74) is 2.24. The molecule has 0 bridgehead atoms. The van der Waals surface area contributed by atoms with E-state index >= 15 is 0 Å². The number of carbonyl (C=O) groups excluding carboxylic acids is 1. The number of hydrogen-bond donors (Lipinski definition) is 1. The molecular formula is C20H13ClO3. The van der Waals surface area contributed by atoms with Gasteiger partial charge in [-0.3, -0.25) is 0 Å². The molecule has 0 fully saturated rings. The first-order chi connectivity index (χ1) is 11.6. The van der Waals surface area contributed by atoms with Crippen molar-refractivity contribution in [2.45, 2.75) is 6.42 Å². The molecule has 118 valence electrons. The van der Waals surface area contributed by atoms with E-state index < -0.39 is 5.97 Å². The summed E-state index contributed by atoms with van der Waals surface area (Å²) >= 11 is 5.89. The first kappa shape index (κ1) is 14.8. The normalized spacial score (nSPS) is 15.4. The summed E-state index contributed by atoms with van der Waals surface area (Å²) in [6, 6.07) is 16.6. The van der Waals surface area contributed by atoms with Gasteiger partial charge in [0.2, 0.25) is 0 Å². The molecule has 4 rings (SSSR count). The van der Waals surface area contributed by atoms with E-state index in [1.165, 1.54) is 0 Å². The molecule has 4 heteroatoms. The lowest BCUT2D eigenvalue weighted by Gasteiger charge is -2.21. The standard InChI is InChI=1S/C20H13ClO3/c21-15-7-5-12(6-8-15)9-14-10-17-16-4-2-1-3-13(16)11-18(22)19(17)24-20(14)23/h1-9,11,22H,10H2/b14-9+. The molecule has 0 aromatic heterocycles. The Morgan fingerprint density at radius 3 is 2.62 bits per heavy atom. The fraction of sp³-hybridized carbons (Fsp3) is 0.0500. The summed E-state index contributed by atoms with van der Waals surface area (Å²) in [5, 5.41) is 12.7. The van der Waals surface area contributed by atoms with Gasteiger partial charge in [0, 0.05) is 22.6 Å². The summed E-state index contributed by atoms with van der Waals surface area (Å²) in [5.74, 6) is -0.197. The highest BCUT2D eigenvalue weighted by molar-refractivity contribution is 6.30. The van der Waals surface area contributed by atoms with Crippen molar-refractivity contribution in [2.75, 3.05) is 0 Å². The van der Waals surface area contributed by atoms with Crippen LogP contribution >= 0.6 is 11.6 Å². The van der Waals surface area contributed by atoms with E-state index in [0.717, 1.165) is 21.9 Å². The van der Waals surface area contributed by atoms with E-state index in [1.807, 2.05) is 36.4 Å². The molecule has 0 unspecified atom stereocenters. The molecule has 1 aliphatic heterocycles. The number of benzene rings is 3.